The van der Waals surface area contributed by atoms with E-state index >= 15 is 0 Å². The van der Waals surface area contributed by atoms with E-state index in [-0.39, 0.29) is 10.3 Å². The molecule has 2 nitrogen and oxygen atoms in total. The number of allylic oxidation sites excluding steroid dienone is 2. The highest BCUT2D eigenvalue weighted by molar-refractivity contribution is 8.11. The second-order valence-electron chi connectivity index (χ2n) is 2.24. The minimum absolute atomic E-state index is 0.0319. The smallest absolute Gasteiger partial charge is 0.286 e. The Morgan fingerprint density at radius 1 is 1.62 bits per heavy atom. The molecule has 0 unspecified atom stereocenters. The first-order valence-electron chi connectivity index (χ1n) is 3.56. The number of halogens is 3. The molecule has 0 aliphatic heterocycles. The molecule has 0 N–H and O–H groups in total. The largest absolute Gasteiger partial charge is 0.500 e. The minimum Gasteiger partial charge on any atom is -0.500 e. The molecule has 6 heteroatoms. The summed E-state index contributed by atoms with van der Waals surface area (Å²) in [6, 6.07) is 0. The number of rotatable bonds is 5. The van der Waals surface area contributed by atoms with Gasteiger partial charge in [0.05, 0.1) is 18.2 Å². The second-order valence-corrected chi connectivity index (χ2v) is 7.48. The third kappa shape index (κ3) is 5.64. The topological polar surface area (TPSA) is 26.3 Å². The highest BCUT2D eigenvalue weighted by Crippen LogP contribution is 2.66. The third-order valence-electron chi connectivity index (χ3n) is 1.08. The van der Waals surface area contributed by atoms with Crippen molar-refractivity contribution < 1.29 is 9.30 Å². The lowest BCUT2D eigenvalue weighted by atomic mass is 10.5. The molecule has 0 fully saturated rings. The molecule has 0 rings (SSSR count). The van der Waals surface area contributed by atoms with E-state index in [2.05, 4.69) is 6.58 Å². The first-order valence-corrected chi connectivity index (χ1v) is 7.45. The lowest BCUT2D eigenvalue weighted by Gasteiger charge is -2.06. The minimum atomic E-state index is -3.42. The molecule has 76 valence electrons. The van der Waals surface area contributed by atoms with Gasteiger partial charge in [0.25, 0.3) is 5.85 Å². The molecule has 0 spiro atoms. The van der Waals surface area contributed by atoms with Crippen molar-refractivity contribution in [1.82, 2.24) is 0 Å². The maximum Gasteiger partial charge on any atom is 0.286 e. The van der Waals surface area contributed by atoms with Crippen molar-refractivity contribution in [1.29, 1.82) is 0 Å². The Balaban J connectivity index is 4.53. The van der Waals surface area contributed by atoms with Crippen molar-refractivity contribution in [2.45, 2.75) is 13.3 Å². The first-order chi connectivity index (χ1) is 5.89. The molecular formula is C7H10Cl3O2P. The summed E-state index contributed by atoms with van der Waals surface area (Å²) in [6.45, 7) is 5.80. The summed E-state index contributed by atoms with van der Waals surface area (Å²) >= 11 is 16.3. The van der Waals surface area contributed by atoms with Gasteiger partial charge in [0.15, 0.2) is 0 Å². The standard InChI is InChI=1S/C7H10Cl3O2P/c1-3-4-12-5-7(6(2)8)13(9,10)11/h5H,2-4H2,1H3. The highest BCUT2D eigenvalue weighted by atomic mass is 35.9. The molecule has 0 atom stereocenters. The summed E-state index contributed by atoms with van der Waals surface area (Å²) in [5, 5.41) is 0.0791. The Labute approximate surface area is 92.4 Å². The summed E-state index contributed by atoms with van der Waals surface area (Å²) in [4.78, 5) is 0. The molecule has 13 heavy (non-hydrogen) atoms. The number of hydrogen-bond acceptors (Lipinski definition) is 2. The maximum absolute atomic E-state index is 11.2. The Morgan fingerprint density at radius 2 is 2.15 bits per heavy atom. The van der Waals surface area contributed by atoms with Crippen molar-refractivity contribution in [2.24, 2.45) is 0 Å². The van der Waals surface area contributed by atoms with E-state index in [4.69, 9.17) is 38.8 Å². The van der Waals surface area contributed by atoms with Crippen molar-refractivity contribution in [3.63, 3.8) is 0 Å². The Hall–Kier alpha value is 0.380. The van der Waals surface area contributed by atoms with Gasteiger partial charge in [-0.1, -0.05) is 25.1 Å². The van der Waals surface area contributed by atoms with Crippen LogP contribution in [-0.2, 0) is 9.30 Å². The van der Waals surface area contributed by atoms with E-state index in [1.165, 1.54) is 6.26 Å². The molecule has 0 aliphatic carbocycles. The van der Waals surface area contributed by atoms with Crippen LogP contribution in [0.25, 0.3) is 0 Å². The van der Waals surface area contributed by atoms with Crippen LogP contribution in [-0.4, -0.2) is 6.61 Å². The summed E-state index contributed by atoms with van der Waals surface area (Å²) in [5.41, 5.74) is 0. The maximum atomic E-state index is 11.2. The fourth-order valence-corrected chi connectivity index (χ4v) is 2.51. The van der Waals surface area contributed by atoms with Gasteiger partial charge in [0.2, 0.25) is 0 Å². The average Bonchev–Trinajstić information content (AvgIpc) is 1.94. The van der Waals surface area contributed by atoms with Crippen molar-refractivity contribution in [3.8, 4) is 0 Å². The Bertz CT molecular complexity index is 256. The summed E-state index contributed by atoms with van der Waals surface area (Å²) < 4.78 is 16.2. The first kappa shape index (κ1) is 13.4. The van der Waals surface area contributed by atoms with Gasteiger partial charge in [-0.2, -0.15) is 0 Å². The predicted octanol–water partition coefficient (Wildman–Crippen LogP) is 4.68. The lowest BCUT2D eigenvalue weighted by molar-refractivity contribution is 0.249. The summed E-state index contributed by atoms with van der Waals surface area (Å²) in [5.74, 6) is -3.42. The van der Waals surface area contributed by atoms with E-state index in [9.17, 15) is 4.57 Å². The molecule has 0 aromatic heterocycles. The van der Waals surface area contributed by atoms with Gasteiger partial charge in [-0.15, -0.1) is 0 Å². The van der Waals surface area contributed by atoms with Crippen molar-refractivity contribution >= 4 is 39.9 Å². The molecule has 0 amide bonds. The summed E-state index contributed by atoms with van der Waals surface area (Å²) in [7, 11) is 0. The number of ether oxygens (including phenoxy) is 1. The van der Waals surface area contributed by atoms with Crippen LogP contribution in [0, 0.1) is 0 Å². The van der Waals surface area contributed by atoms with E-state index in [1.54, 1.807) is 0 Å². The van der Waals surface area contributed by atoms with Crippen molar-refractivity contribution in [3.05, 3.63) is 23.2 Å². The monoisotopic (exact) mass is 262 g/mol. The van der Waals surface area contributed by atoms with Gasteiger partial charge < -0.3 is 4.74 Å². The van der Waals surface area contributed by atoms with Crippen molar-refractivity contribution in [2.75, 3.05) is 6.61 Å². The fourth-order valence-electron chi connectivity index (χ4n) is 0.522. The van der Waals surface area contributed by atoms with Crippen LogP contribution in [0.5, 0.6) is 0 Å². The molecule has 0 heterocycles. The average molecular weight is 263 g/mol. The molecule has 0 aliphatic rings. The zero-order valence-electron chi connectivity index (χ0n) is 7.10. The molecule has 0 radical (unpaired) electrons. The normalized spacial score (nSPS) is 12.8. The zero-order valence-corrected chi connectivity index (χ0v) is 10.3. The van der Waals surface area contributed by atoms with Crippen LogP contribution in [0.3, 0.4) is 0 Å². The van der Waals surface area contributed by atoms with Crippen LogP contribution in [0.15, 0.2) is 23.2 Å². The highest BCUT2D eigenvalue weighted by Gasteiger charge is 2.23. The van der Waals surface area contributed by atoms with Crippen LogP contribution in [0.2, 0.25) is 0 Å². The molecule has 0 bridgehead atoms. The van der Waals surface area contributed by atoms with Gasteiger partial charge >= 0.3 is 0 Å². The molecule has 0 saturated carbocycles. The Kier molecular flexibility index (Phi) is 6.15. The van der Waals surface area contributed by atoms with E-state index in [0.29, 0.717) is 6.61 Å². The third-order valence-corrected chi connectivity index (χ3v) is 3.44. The van der Waals surface area contributed by atoms with Gasteiger partial charge in [-0.3, -0.25) is 4.57 Å². The second kappa shape index (κ2) is 5.98. The molecule has 0 aromatic carbocycles. The van der Waals surface area contributed by atoms with Gasteiger partial charge in [-0.05, 0) is 28.9 Å². The summed E-state index contributed by atoms with van der Waals surface area (Å²) in [6.07, 6.45) is 2.02. The van der Waals surface area contributed by atoms with E-state index < -0.39 is 5.85 Å². The zero-order chi connectivity index (χ0) is 10.5. The predicted molar refractivity (Wildman–Crippen MR) is 58.6 cm³/mol. The molecule has 0 aromatic rings. The molecular weight excluding hydrogens is 253 g/mol. The molecule has 0 saturated heterocycles. The van der Waals surface area contributed by atoms with Gasteiger partial charge in [0, 0.05) is 5.03 Å². The van der Waals surface area contributed by atoms with Crippen LogP contribution >= 0.6 is 39.9 Å². The van der Waals surface area contributed by atoms with Crippen LogP contribution < -0.4 is 0 Å². The van der Waals surface area contributed by atoms with Gasteiger partial charge in [0.1, 0.15) is 0 Å². The quantitative estimate of drug-likeness (QED) is 0.312. The van der Waals surface area contributed by atoms with E-state index in [0.717, 1.165) is 6.42 Å². The van der Waals surface area contributed by atoms with E-state index in [1.807, 2.05) is 6.92 Å². The fraction of sp³-hybridized carbons (Fsp3) is 0.429. The van der Waals surface area contributed by atoms with Crippen LogP contribution in [0.4, 0.5) is 0 Å². The SMILES string of the molecule is C=C(Cl)C(=COCCC)P(=O)(Cl)Cl. The number of hydrogen-bond donors (Lipinski definition) is 0. The van der Waals surface area contributed by atoms with Crippen LogP contribution in [0.1, 0.15) is 13.3 Å². The Morgan fingerprint density at radius 3 is 2.46 bits per heavy atom. The lowest BCUT2D eigenvalue weighted by Crippen LogP contribution is -1.86. The van der Waals surface area contributed by atoms with Gasteiger partial charge in [-0.25, -0.2) is 0 Å².